The Balaban J connectivity index is 1.70. The zero-order chi connectivity index (χ0) is 15.7. The number of alkyl halides is 3. The van der Waals surface area contributed by atoms with Gasteiger partial charge in [0.05, 0.1) is 0 Å². The number of rotatable bonds is 2. The van der Waals surface area contributed by atoms with Gasteiger partial charge >= 0.3 is 6.18 Å². The van der Waals surface area contributed by atoms with Crippen LogP contribution in [-0.2, 0) is 25.7 Å². The Morgan fingerprint density at radius 2 is 2.05 bits per heavy atom. The van der Waals surface area contributed by atoms with Crippen molar-refractivity contribution in [3.8, 4) is 0 Å². The summed E-state index contributed by atoms with van der Waals surface area (Å²) in [7, 11) is 0. The Hall–Kier alpha value is -1.80. The molecule has 0 spiro atoms. The van der Waals surface area contributed by atoms with Gasteiger partial charge in [-0.05, 0) is 23.8 Å². The molecular weight excluding hydrogens is 313 g/mol. The fourth-order valence-corrected chi connectivity index (χ4v) is 2.66. The number of pyridine rings is 1. The van der Waals surface area contributed by atoms with E-state index < -0.39 is 11.9 Å². The Kier molecular flexibility index (Phi) is 3.96. The molecule has 0 aromatic carbocycles. The molecule has 0 unspecified atom stereocenters. The van der Waals surface area contributed by atoms with Crippen molar-refractivity contribution >= 4 is 12.2 Å². The van der Waals surface area contributed by atoms with E-state index in [1.807, 2.05) is 0 Å². The second kappa shape index (κ2) is 5.77. The molecule has 1 aliphatic heterocycles. The van der Waals surface area contributed by atoms with E-state index in [1.54, 1.807) is 6.20 Å². The first-order valence-electron chi connectivity index (χ1n) is 6.73. The number of nitrogens with one attached hydrogen (secondary N) is 1. The highest BCUT2D eigenvalue weighted by atomic mass is 32.1. The predicted octanol–water partition coefficient (Wildman–Crippen LogP) is 3.11. The zero-order valence-corrected chi connectivity index (χ0v) is 12.3. The first kappa shape index (κ1) is 15.1. The van der Waals surface area contributed by atoms with Crippen LogP contribution in [0.4, 0.5) is 13.2 Å². The number of nitrogens with zero attached hydrogens (tertiary/aromatic N) is 3. The minimum absolute atomic E-state index is 0.471. The maximum atomic E-state index is 12.5. The van der Waals surface area contributed by atoms with E-state index in [0.29, 0.717) is 17.9 Å². The van der Waals surface area contributed by atoms with Crippen LogP contribution in [-0.4, -0.2) is 26.4 Å². The van der Waals surface area contributed by atoms with Gasteiger partial charge in [-0.15, -0.1) is 0 Å². The summed E-state index contributed by atoms with van der Waals surface area (Å²) in [6.07, 6.45) is -0.540. The van der Waals surface area contributed by atoms with E-state index in [-0.39, 0.29) is 0 Å². The van der Waals surface area contributed by atoms with Crippen LogP contribution in [0.25, 0.3) is 0 Å². The van der Waals surface area contributed by atoms with E-state index in [1.165, 1.54) is 12.3 Å². The molecule has 0 aliphatic carbocycles. The van der Waals surface area contributed by atoms with E-state index in [9.17, 15) is 13.2 Å². The maximum Gasteiger partial charge on any atom is 0.433 e. The Morgan fingerprint density at radius 3 is 2.73 bits per heavy atom. The number of halogens is 3. The molecule has 0 amide bonds. The smallest absolute Gasteiger partial charge is 0.334 e. The highest BCUT2D eigenvalue weighted by Gasteiger charge is 2.32. The molecule has 0 radical (unpaired) electrons. The summed E-state index contributed by atoms with van der Waals surface area (Å²) in [4.78, 5) is 12.8. The summed E-state index contributed by atoms with van der Waals surface area (Å²) in [6.45, 7) is 2.05. The average Bonchev–Trinajstić information content (AvgIpc) is 2.47. The highest BCUT2D eigenvalue weighted by molar-refractivity contribution is 7.71. The fourth-order valence-electron chi connectivity index (χ4n) is 2.48. The largest absolute Gasteiger partial charge is 0.433 e. The minimum Gasteiger partial charge on any atom is -0.334 e. The Morgan fingerprint density at radius 1 is 1.23 bits per heavy atom. The first-order chi connectivity index (χ1) is 10.4. The third kappa shape index (κ3) is 3.33. The molecule has 116 valence electrons. The summed E-state index contributed by atoms with van der Waals surface area (Å²) >= 11 is 4.99. The molecule has 4 nitrogen and oxygen atoms in total. The van der Waals surface area contributed by atoms with E-state index in [4.69, 9.17) is 12.2 Å². The van der Waals surface area contributed by atoms with Crippen molar-refractivity contribution in [1.82, 2.24) is 19.9 Å². The lowest BCUT2D eigenvalue weighted by Crippen LogP contribution is -2.31. The van der Waals surface area contributed by atoms with Crippen LogP contribution in [0.2, 0.25) is 0 Å². The molecular formula is C14H13F3N4S. The third-order valence-corrected chi connectivity index (χ3v) is 3.78. The fraction of sp³-hybridized carbons (Fsp3) is 0.357. The summed E-state index contributed by atoms with van der Waals surface area (Å²) in [5.41, 5.74) is 2.05. The lowest BCUT2D eigenvalue weighted by Gasteiger charge is -2.28. The van der Waals surface area contributed by atoms with Gasteiger partial charge in [0.25, 0.3) is 0 Å². The van der Waals surface area contributed by atoms with Crippen LogP contribution in [0.5, 0.6) is 0 Å². The minimum atomic E-state index is -4.40. The molecule has 0 fully saturated rings. The van der Waals surface area contributed by atoms with Gasteiger partial charge in [0.2, 0.25) is 0 Å². The topological polar surface area (TPSA) is 44.8 Å². The number of aromatic amines is 1. The van der Waals surface area contributed by atoms with Crippen molar-refractivity contribution in [3.63, 3.8) is 0 Å². The van der Waals surface area contributed by atoms with Crippen molar-refractivity contribution in [2.45, 2.75) is 25.7 Å². The molecule has 8 heteroatoms. The van der Waals surface area contributed by atoms with Gasteiger partial charge in [0.1, 0.15) is 5.69 Å². The highest BCUT2D eigenvalue weighted by Crippen LogP contribution is 2.27. The molecule has 22 heavy (non-hydrogen) atoms. The summed E-state index contributed by atoms with van der Waals surface area (Å²) in [5.74, 6) is 0. The van der Waals surface area contributed by atoms with Crippen LogP contribution >= 0.6 is 12.2 Å². The molecule has 0 bridgehead atoms. The van der Waals surface area contributed by atoms with Gasteiger partial charge in [-0.25, -0.2) is 4.98 Å². The van der Waals surface area contributed by atoms with Crippen molar-refractivity contribution in [2.24, 2.45) is 0 Å². The van der Waals surface area contributed by atoms with Gasteiger partial charge in [-0.2, -0.15) is 13.2 Å². The van der Waals surface area contributed by atoms with Crippen molar-refractivity contribution in [1.29, 1.82) is 0 Å². The third-order valence-electron chi connectivity index (χ3n) is 3.58. The van der Waals surface area contributed by atoms with Crippen LogP contribution < -0.4 is 0 Å². The van der Waals surface area contributed by atoms with Gasteiger partial charge in [0, 0.05) is 49.7 Å². The summed E-state index contributed by atoms with van der Waals surface area (Å²) in [5, 5.41) is 0. The Bertz CT molecular complexity index is 724. The molecule has 0 saturated heterocycles. The van der Waals surface area contributed by atoms with E-state index in [0.717, 1.165) is 35.9 Å². The van der Waals surface area contributed by atoms with Crippen molar-refractivity contribution in [2.75, 3.05) is 6.54 Å². The van der Waals surface area contributed by atoms with E-state index in [2.05, 4.69) is 19.9 Å². The van der Waals surface area contributed by atoms with Crippen LogP contribution in [0.1, 0.15) is 22.5 Å². The quantitative estimate of drug-likeness (QED) is 0.861. The standard InChI is InChI=1S/C14H13F3N4S/c15-14(16,17)12-2-1-9(5-18-12)7-21-4-3-11-10(8-21)6-19-13(22)20-11/h1-2,5-6H,3-4,7-8H2,(H,19,20,22). The molecule has 3 rings (SSSR count). The number of hydrogen-bond acceptors (Lipinski definition) is 4. The summed E-state index contributed by atoms with van der Waals surface area (Å²) < 4.78 is 37.9. The zero-order valence-electron chi connectivity index (χ0n) is 11.5. The lowest BCUT2D eigenvalue weighted by atomic mass is 10.1. The molecule has 0 saturated carbocycles. The number of H-pyrrole nitrogens is 1. The second-order valence-electron chi connectivity index (χ2n) is 5.20. The predicted molar refractivity (Wildman–Crippen MR) is 76.5 cm³/mol. The normalized spacial score (nSPS) is 15.6. The number of fused-ring (bicyclic) bond motifs is 1. The van der Waals surface area contributed by atoms with Crippen molar-refractivity contribution < 1.29 is 13.2 Å². The monoisotopic (exact) mass is 326 g/mol. The van der Waals surface area contributed by atoms with Gasteiger partial charge in [-0.1, -0.05) is 6.07 Å². The SMILES string of the molecule is FC(F)(F)c1ccc(CN2CCc3[nH]c(=S)ncc3C2)cn1. The Labute approximate surface area is 130 Å². The van der Waals surface area contributed by atoms with Gasteiger partial charge in [-0.3, -0.25) is 9.88 Å². The maximum absolute atomic E-state index is 12.5. The molecule has 1 N–H and O–H groups in total. The van der Waals surface area contributed by atoms with E-state index >= 15 is 0 Å². The molecule has 2 aromatic rings. The average molecular weight is 326 g/mol. The first-order valence-corrected chi connectivity index (χ1v) is 7.14. The summed E-state index contributed by atoms with van der Waals surface area (Å²) in [6, 6.07) is 2.49. The second-order valence-corrected chi connectivity index (χ2v) is 5.59. The molecule has 1 aliphatic rings. The lowest BCUT2D eigenvalue weighted by molar-refractivity contribution is -0.141. The van der Waals surface area contributed by atoms with Crippen LogP contribution in [0, 0.1) is 4.77 Å². The van der Waals surface area contributed by atoms with Gasteiger partial charge in [0.15, 0.2) is 4.77 Å². The van der Waals surface area contributed by atoms with Crippen molar-refractivity contribution in [3.05, 3.63) is 51.8 Å². The van der Waals surface area contributed by atoms with Gasteiger partial charge < -0.3 is 4.98 Å². The number of hydrogen-bond donors (Lipinski definition) is 1. The number of aromatic nitrogens is 3. The molecule has 2 aromatic heterocycles. The molecule has 0 atom stereocenters. The van der Waals surface area contributed by atoms with Crippen LogP contribution in [0.3, 0.4) is 0 Å². The van der Waals surface area contributed by atoms with Crippen LogP contribution in [0.15, 0.2) is 24.5 Å². The molecule has 3 heterocycles.